The van der Waals surface area contributed by atoms with Crippen LogP contribution in [-0.2, 0) is 10.0 Å². The maximum absolute atomic E-state index is 13.3. The van der Waals surface area contributed by atoms with Gasteiger partial charge in [-0.15, -0.1) is 0 Å². The third kappa shape index (κ3) is 3.04. The van der Waals surface area contributed by atoms with E-state index < -0.39 is 15.8 Å². The Balaban J connectivity index is 1.63. The zero-order valence-corrected chi connectivity index (χ0v) is 14.3. The SMILES string of the molecule is O=S(=O)(Nc1ccc(-c2ccnc3[nH]ccc23)cc1)c1cccc(F)c1. The van der Waals surface area contributed by atoms with Gasteiger partial charge < -0.3 is 4.98 Å². The lowest BCUT2D eigenvalue weighted by Gasteiger charge is -2.09. The van der Waals surface area contributed by atoms with Crippen LogP contribution < -0.4 is 4.72 Å². The highest BCUT2D eigenvalue weighted by molar-refractivity contribution is 7.92. The van der Waals surface area contributed by atoms with Crippen LogP contribution in [-0.4, -0.2) is 18.4 Å². The molecule has 2 heterocycles. The third-order valence-electron chi connectivity index (χ3n) is 4.01. The van der Waals surface area contributed by atoms with Crippen molar-refractivity contribution in [1.29, 1.82) is 0 Å². The molecule has 0 fully saturated rings. The molecule has 0 aliphatic heterocycles. The molecule has 130 valence electrons. The van der Waals surface area contributed by atoms with Crippen LogP contribution in [0.2, 0.25) is 0 Å². The van der Waals surface area contributed by atoms with Gasteiger partial charge in [-0.2, -0.15) is 0 Å². The van der Waals surface area contributed by atoms with Gasteiger partial charge in [0.05, 0.1) is 4.90 Å². The van der Waals surface area contributed by atoms with E-state index >= 15 is 0 Å². The first-order valence-electron chi connectivity index (χ1n) is 7.84. The van der Waals surface area contributed by atoms with Crippen LogP contribution in [0.5, 0.6) is 0 Å². The van der Waals surface area contributed by atoms with Crippen LogP contribution in [0.4, 0.5) is 10.1 Å². The van der Waals surface area contributed by atoms with E-state index in [1.807, 2.05) is 30.5 Å². The number of pyridine rings is 1. The minimum absolute atomic E-state index is 0.121. The number of nitrogens with zero attached hydrogens (tertiary/aromatic N) is 1. The first kappa shape index (κ1) is 16.3. The van der Waals surface area contributed by atoms with Crippen molar-refractivity contribution in [3.05, 3.63) is 78.9 Å². The fourth-order valence-corrected chi connectivity index (χ4v) is 3.87. The topological polar surface area (TPSA) is 74.8 Å². The van der Waals surface area contributed by atoms with Crippen LogP contribution in [0.25, 0.3) is 22.2 Å². The molecule has 4 rings (SSSR count). The number of nitrogens with one attached hydrogen (secondary N) is 2. The molecule has 0 aliphatic carbocycles. The summed E-state index contributed by atoms with van der Waals surface area (Å²) in [6, 6.07) is 15.7. The quantitative estimate of drug-likeness (QED) is 0.568. The van der Waals surface area contributed by atoms with E-state index in [-0.39, 0.29) is 4.90 Å². The summed E-state index contributed by atoms with van der Waals surface area (Å²) in [5.41, 5.74) is 3.12. The van der Waals surface area contributed by atoms with E-state index in [1.54, 1.807) is 18.3 Å². The average molecular weight is 367 g/mol. The molecule has 0 saturated carbocycles. The Morgan fingerprint density at radius 2 is 1.81 bits per heavy atom. The van der Waals surface area contributed by atoms with Crippen molar-refractivity contribution in [3.63, 3.8) is 0 Å². The minimum Gasteiger partial charge on any atom is -0.346 e. The van der Waals surface area contributed by atoms with E-state index in [0.29, 0.717) is 5.69 Å². The summed E-state index contributed by atoms with van der Waals surface area (Å²) in [5.74, 6) is -0.601. The van der Waals surface area contributed by atoms with E-state index in [4.69, 9.17) is 0 Å². The fourth-order valence-electron chi connectivity index (χ4n) is 2.78. The number of H-pyrrole nitrogens is 1. The largest absolute Gasteiger partial charge is 0.346 e. The van der Waals surface area contributed by atoms with Gasteiger partial charge in [-0.05, 0) is 53.6 Å². The summed E-state index contributed by atoms with van der Waals surface area (Å²) in [5, 5.41) is 0.987. The number of rotatable bonds is 4. The number of aromatic amines is 1. The second-order valence-corrected chi connectivity index (χ2v) is 7.42. The fraction of sp³-hybridized carbons (Fsp3) is 0. The Kier molecular flexibility index (Phi) is 3.93. The standard InChI is InChI=1S/C19H14FN3O2S/c20-14-2-1-3-16(12-14)26(24,25)23-15-6-4-13(5-7-15)17-8-10-21-19-18(17)9-11-22-19/h1-12,23H,(H,21,22). The second kappa shape index (κ2) is 6.27. The Labute approximate surface area is 149 Å². The summed E-state index contributed by atoms with van der Waals surface area (Å²) < 4.78 is 40.5. The molecule has 26 heavy (non-hydrogen) atoms. The van der Waals surface area contributed by atoms with E-state index in [9.17, 15) is 12.8 Å². The first-order chi connectivity index (χ1) is 12.5. The predicted octanol–water partition coefficient (Wildman–Crippen LogP) is 4.17. The highest BCUT2D eigenvalue weighted by atomic mass is 32.2. The van der Waals surface area contributed by atoms with E-state index in [1.165, 1.54) is 18.2 Å². The predicted molar refractivity (Wildman–Crippen MR) is 98.7 cm³/mol. The molecule has 2 aromatic carbocycles. The number of halogens is 1. The lowest BCUT2D eigenvalue weighted by molar-refractivity contribution is 0.595. The zero-order valence-electron chi connectivity index (χ0n) is 13.5. The normalized spacial score (nSPS) is 11.6. The highest BCUT2D eigenvalue weighted by Gasteiger charge is 2.15. The maximum Gasteiger partial charge on any atom is 0.261 e. The van der Waals surface area contributed by atoms with Gasteiger partial charge in [0, 0.05) is 23.5 Å². The minimum atomic E-state index is -3.84. The van der Waals surface area contributed by atoms with Gasteiger partial charge in [0.15, 0.2) is 0 Å². The van der Waals surface area contributed by atoms with Crippen molar-refractivity contribution < 1.29 is 12.8 Å². The molecule has 5 nitrogen and oxygen atoms in total. The van der Waals surface area contributed by atoms with Crippen molar-refractivity contribution in [1.82, 2.24) is 9.97 Å². The van der Waals surface area contributed by atoms with Gasteiger partial charge in [0.2, 0.25) is 0 Å². The second-order valence-electron chi connectivity index (χ2n) is 5.74. The molecule has 4 aromatic rings. The van der Waals surface area contributed by atoms with E-state index in [2.05, 4.69) is 14.7 Å². The summed E-state index contributed by atoms with van der Waals surface area (Å²) in [4.78, 5) is 7.20. The number of aromatic nitrogens is 2. The Morgan fingerprint density at radius 1 is 1.00 bits per heavy atom. The molecular formula is C19H14FN3O2S. The number of sulfonamides is 1. The third-order valence-corrected chi connectivity index (χ3v) is 5.39. The van der Waals surface area contributed by atoms with Gasteiger partial charge in [0.1, 0.15) is 11.5 Å². The smallest absolute Gasteiger partial charge is 0.261 e. The Hall–Kier alpha value is -3.19. The molecule has 0 amide bonds. The van der Waals surface area contributed by atoms with Crippen molar-refractivity contribution >= 4 is 26.7 Å². The van der Waals surface area contributed by atoms with Gasteiger partial charge >= 0.3 is 0 Å². The molecule has 0 spiro atoms. The summed E-state index contributed by atoms with van der Waals surface area (Å²) in [6.07, 6.45) is 3.54. The molecule has 0 aliphatic rings. The van der Waals surface area contributed by atoms with E-state index in [0.717, 1.165) is 28.2 Å². The maximum atomic E-state index is 13.3. The van der Waals surface area contributed by atoms with Crippen molar-refractivity contribution in [2.24, 2.45) is 0 Å². The molecule has 2 aromatic heterocycles. The van der Waals surface area contributed by atoms with Gasteiger partial charge in [-0.1, -0.05) is 18.2 Å². The van der Waals surface area contributed by atoms with Crippen LogP contribution in [0.15, 0.2) is 78.0 Å². The number of anilines is 1. The van der Waals surface area contributed by atoms with Crippen molar-refractivity contribution in [2.75, 3.05) is 4.72 Å². The molecular weight excluding hydrogens is 353 g/mol. The molecule has 2 N–H and O–H groups in total. The molecule has 0 saturated heterocycles. The molecule has 0 radical (unpaired) electrons. The molecule has 0 atom stereocenters. The number of benzene rings is 2. The summed E-state index contributed by atoms with van der Waals surface area (Å²) >= 11 is 0. The number of hydrogen-bond donors (Lipinski definition) is 2. The van der Waals surface area contributed by atoms with Crippen LogP contribution >= 0.6 is 0 Å². The Bertz CT molecular complexity index is 1180. The molecule has 0 unspecified atom stereocenters. The van der Waals surface area contributed by atoms with Gasteiger partial charge in [0.25, 0.3) is 10.0 Å². The average Bonchev–Trinajstić information content (AvgIpc) is 3.11. The van der Waals surface area contributed by atoms with Crippen LogP contribution in [0.3, 0.4) is 0 Å². The monoisotopic (exact) mass is 367 g/mol. The van der Waals surface area contributed by atoms with Crippen LogP contribution in [0, 0.1) is 5.82 Å². The highest BCUT2D eigenvalue weighted by Crippen LogP contribution is 2.28. The first-order valence-corrected chi connectivity index (χ1v) is 9.32. The molecule has 0 bridgehead atoms. The number of fused-ring (bicyclic) bond motifs is 1. The van der Waals surface area contributed by atoms with Gasteiger partial charge in [-0.3, -0.25) is 4.72 Å². The summed E-state index contributed by atoms with van der Waals surface area (Å²) in [6.45, 7) is 0. The lowest BCUT2D eigenvalue weighted by Crippen LogP contribution is -2.13. The van der Waals surface area contributed by atoms with Crippen LogP contribution in [0.1, 0.15) is 0 Å². The Morgan fingerprint density at radius 3 is 2.58 bits per heavy atom. The van der Waals surface area contributed by atoms with Crippen molar-refractivity contribution in [3.8, 4) is 11.1 Å². The molecule has 7 heteroatoms. The zero-order chi connectivity index (χ0) is 18.1. The number of hydrogen-bond acceptors (Lipinski definition) is 3. The van der Waals surface area contributed by atoms with Crippen molar-refractivity contribution in [2.45, 2.75) is 4.90 Å². The lowest BCUT2D eigenvalue weighted by atomic mass is 10.0. The van der Waals surface area contributed by atoms with Gasteiger partial charge in [-0.25, -0.2) is 17.8 Å². The summed E-state index contributed by atoms with van der Waals surface area (Å²) in [7, 11) is -3.84.